The molecule has 0 amide bonds. The van der Waals surface area contributed by atoms with Gasteiger partial charge in [-0.15, -0.1) is 0 Å². The van der Waals surface area contributed by atoms with Crippen molar-refractivity contribution in [2.75, 3.05) is 6.61 Å². The van der Waals surface area contributed by atoms with Crippen molar-refractivity contribution in [2.24, 2.45) is 4.99 Å². The van der Waals surface area contributed by atoms with Crippen LogP contribution in [0.3, 0.4) is 0 Å². The van der Waals surface area contributed by atoms with Gasteiger partial charge in [-0.2, -0.15) is 0 Å². The van der Waals surface area contributed by atoms with Gasteiger partial charge in [-0.1, -0.05) is 18.5 Å². The van der Waals surface area contributed by atoms with E-state index in [1.807, 2.05) is 22.6 Å². The number of hydrogen-bond acceptors (Lipinski definition) is 8. The zero-order valence-corrected chi connectivity index (χ0v) is 19.8. The monoisotopic (exact) mass is 570 g/mol. The van der Waals surface area contributed by atoms with Crippen molar-refractivity contribution in [1.82, 2.24) is 0 Å². The zero-order valence-electron chi connectivity index (χ0n) is 16.9. The van der Waals surface area contributed by atoms with Crippen LogP contribution in [0.15, 0.2) is 41.0 Å². The fourth-order valence-corrected chi connectivity index (χ4v) is 3.62. The summed E-state index contributed by atoms with van der Waals surface area (Å²) in [6.07, 6.45) is 1.69. The molecule has 0 radical (unpaired) electrons. The number of carbonyl (C=O) groups excluding carboxylic acids is 2. The summed E-state index contributed by atoms with van der Waals surface area (Å²) in [5.41, 5.74) is 0.472. The predicted molar refractivity (Wildman–Crippen MR) is 125 cm³/mol. The molecular formula is C21H16ClIN2O7. The average Bonchev–Trinajstić information content (AvgIpc) is 3.10. The third kappa shape index (κ3) is 5.25. The lowest BCUT2D eigenvalue weighted by Crippen LogP contribution is -2.09. The molecule has 2 aromatic rings. The van der Waals surface area contributed by atoms with E-state index < -0.39 is 16.9 Å². The summed E-state index contributed by atoms with van der Waals surface area (Å²) in [6, 6.07) is 7.30. The number of rotatable bonds is 7. The molecule has 11 heteroatoms. The molecule has 1 aliphatic heterocycles. The first kappa shape index (κ1) is 23.7. The molecule has 0 aromatic heterocycles. The molecule has 0 atom stereocenters. The van der Waals surface area contributed by atoms with Gasteiger partial charge in [0, 0.05) is 18.1 Å². The molecule has 0 fully saturated rings. The Labute approximate surface area is 201 Å². The highest BCUT2D eigenvalue weighted by molar-refractivity contribution is 14.1. The van der Waals surface area contributed by atoms with Crippen LogP contribution in [0.4, 0.5) is 5.69 Å². The van der Waals surface area contributed by atoms with Crippen molar-refractivity contribution in [3.8, 4) is 11.5 Å². The van der Waals surface area contributed by atoms with E-state index in [9.17, 15) is 19.7 Å². The Morgan fingerprint density at radius 3 is 2.72 bits per heavy atom. The maximum absolute atomic E-state index is 12.3. The number of carbonyl (C=O) groups is 2. The zero-order chi connectivity index (χ0) is 23.4. The highest BCUT2D eigenvalue weighted by Gasteiger charge is 2.26. The molecule has 1 heterocycles. The van der Waals surface area contributed by atoms with Crippen LogP contribution in [0, 0.1) is 13.7 Å². The van der Waals surface area contributed by atoms with Gasteiger partial charge in [0.05, 0.1) is 15.1 Å². The smallest absolute Gasteiger partial charge is 0.363 e. The fraction of sp³-hybridized carbons (Fsp3) is 0.190. The molecule has 0 saturated heterocycles. The molecular weight excluding hydrogens is 555 g/mol. The van der Waals surface area contributed by atoms with Crippen molar-refractivity contribution in [2.45, 2.75) is 20.3 Å². The van der Waals surface area contributed by atoms with E-state index in [0.29, 0.717) is 27.2 Å². The maximum Gasteiger partial charge on any atom is 0.363 e. The van der Waals surface area contributed by atoms with Crippen LogP contribution in [-0.4, -0.2) is 29.4 Å². The van der Waals surface area contributed by atoms with E-state index in [-0.39, 0.29) is 34.3 Å². The first-order valence-corrected chi connectivity index (χ1v) is 10.8. The van der Waals surface area contributed by atoms with Gasteiger partial charge in [-0.05, 0) is 65.4 Å². The van der Waals surface area contributed by atoms with Crippen LogP contribution in [0.1, 0.15) is 31.4 Å². The van der Waals surface area contributed by atoms with Crippen molar-refractivity contribution < 1.29 is 28.7 Å². The standard InChI is InChI=1S/C21H16ClIN2O7/c1-3-18(26)31-19-14(23)7-11(9-17(19)30-4-2)8-15-21(27)32-20(24-15)12-5-6-13(22)16(10-12)25(28)29/h5-10H,3-4H2,1-2H3. The van der Waals surface area contributed by atoms with Gasteiger partial charge >= 0.3 is 11.9 Å². The predicted octanol–water partition coefficient (Wildman–Crippen LogP) is 4.91. The van der Waals surface area contributed by atoms with Crippen molar-refractivity contribution in [3.63, 3.8) is 0 Å². The Bertz CT molecular complexity index is 1180. The summed E-state index contributed by atoms with van der Waals surface area (Å²) >= 11 is 7.83. The molecule has 0 N–H and O–H groups in total. The number of esters is 2. The fourth-order valence-electron chi connectivity index (χ4n) is 2.70. The number of ether oxygens (including phenoxy) is 3. The van der Waals surface area contributed by atoms with Crippen LogP contribution in [-0.2, 0) is 14.3 Å². The van der Waals surface area contributed by atoms with Crippen molar-refractivity contribution in [3.05, 3.63) is 65.9 Å². The van der Waals surface area contributed by atoms with E-state index in [2.05, 4.69) is 4.99 Å². The Balaban J connectivity index is 1.98. The first-order chi connectivity index (χ1) is 15.2. The lowest BCUT2D eigenvalue weighted by Gasteiger charge is -2.13. The summed E-state index contributed by atoms with van der Waals surface area (Å²) in [5, 5.41) is 11.1. The van der Waals surface area contributed by atoms with Gasteiger partial charge in [0.15, 0.2) is 17.2 Å². The summed E-state index contributed by atoms with van der Waals surface area (Å²) in [4.78, 5) is 38.7. The van der Waals surface area contributed by atoms with Gasteiger partial charge in [-0.3, -0.25) is 14.9 Å². The minimum Gasteiger partial charge on any atom is -0.490 e. The third-order valence-corrected chi connectivity index (χ3v) is 5.27. The highest BCUT2D eigenvalue weighted by atomic mass is 127. The minimum absolute atomic E-state index is 0.00541. The number of nitro benzene ring substituents is 1. The van der Waals surface area contributed by atoms with Gasteiger partial charge in [0.25, 0.3) is 5.69 Å². The molecule has 0 bridgehead atoms. The highest BCUT2D eigenvalue weighted by Crippen LogP contribution is 2.36. The van der Waals surface area contributed by atoms with Crippen LogP contribution in [0.2, 0.25) is 5.02 Å². The Morgan fingerprint density at radius 1 is 1.31 bits per heavy atom. The molecule has 1 aliphatic rings. The number of hydrogen-bond donors (Lipinski definition) is 0. The largest absolute Gasteiger partial charge is 0.490 e. The Morgan fingerprint density at radius 2 is 2.06 bits per heavy atom. The van der Waals surface area contributed by atoms with Gasteiger partial charge in [-0.25, -0.2) is 9.79 Å². The summed E-state index contributed by atoms with van der Waals surface area (Å²) in [7, 11) is 0. The van der Waals surface area contributed by atoms with E-state index in [0.717, 1.165) is 0 Å². The average molecular weight is 571 g/mol. The SMILES string of the molecule is CCOc1cc(C=C2N=C(c3ccc(Cl)c([N+](=O)[O-])c3)OC2=O)cc(I)c1OC(=O)CC. The molecule has 0 spiro atoms. The lowest BCUT2D eigenvalue weighted by molar-refractivity contribution is -0.384. The molecule has 0 saturated carbocycles. The molecule has 166 valence electrons. The van der Waals surface area contributed by atoms with Crippen molar-refractivity contribution in [1.29, 1.82) is 0 Å². The molecule has 3 rings (SSSR count). The van der Waals surface area contributed by atoms with Crippen LogP contribution < -0.4 is 9.47 Å². The number of aliphatic imine (C=N–C) groups is 1. The Hall–Kier alpha value is -2.99. The number of benzene rings is 2. The Kier molecular flexibility index (Phi) is 7.46. The second-order valence-electron chi connectivity index (χ2n) is 6.35. The summed E-state index contributed by atoms with van der Waals surface area (Å²) < 4.78 is 16.7. The molecule has 0 unspecified atom stereocenters. The first-order valence-electron chi connectivity index (χ1n) is 9.37. The number of halogens is 2. The molecule has 0 aliphatic carbocycles. The van der Waals surface area contributed by atoms with Crippen LogP contribution in [0.5, 0.6) is 11.5 Å². The summed E-state index contributed by atoms with van der Waals surface area (Å²) in [5.74, 6) is -0.549. The second kappa shape index (κ2) is 10.1. The van der Waals surface area contributed by atoms with Gasteiger partial charge in [0.2, 0.25) is 5.90 Å². The molecule has 32 heavy (non-hydrogen) atoms. The maximum atomic E-state index is 12.3. The normalized spacial score (nSPS) is 14.2. The topological polar surface area (TPSA) is 117 Å². The minimum atomic E-state index is -0.716. The van der Waals surface area contributed by atoms with Crippen molar-refractivity contribution >= 4 is 63.8 Å². The molecule has 9 nitrogen and oxygen atoms in total. The van der Waals surface area contributed by atoms with E-state index in [1.54, 1.807) is 26.0 Å². The van der Waals surface area contributed by atoms with E-state index in [1.165, 1.54) is 24.3 Å². The van der Waals surface area contributed by atoms with Crippen LogP contribution >= 0.6 is 34.2 Å². The van der Waals surface area contributed by atoms with Gasteiger partial charge in [0.1, 0.15) is 5.02 Å². The third-order valence-electron chi connectivity index (χ3n) is 4.15. The van der Waals surface area contributed by atoms with Crippen LogP contribution in [0.25, 0.3) is 6.08 Å². The quantitative estimate of drug-likeness (QED) is 0.116. The van der Waals surface area contributed by atoms with Gasteiger partial charge < -0.3 is 14.2 Å². The number of nitrogens with zero attached hydrogens (tertiary/aromatic N) is 2. The number of cyclic esters (lactones) is 1. The lowest BCUT2D eigenvalue weighted by atomic mass is 10.1. The number of nitro groups is 1. The van der Waals surface area contributed by atoms with E-state index in [4.69, 9.17) is 25.8 Å². The second-order valence-corrected chi connectivity index (χ2v) is 7.92. The molecule has 2 aromatic carbocycles. The summed E-state index contributed by atoms with van der Waals surface area (Å²) in [6.45, 7) is 3.82. The van der Waals surface area contributed by atoms with E-state index >= 15 is 0 Å².